The average Bonchev–Trinajstić information content (AvgIpc) is 3.28. The lowest BCUT2D eigenvalue weighted by Crippen LogP contribution is -2.37. The van der Waals surface area contributed by atoms with Gasteiger partial charge in [0.05, 0.1) is 6.10 Å². The van der Waals surface area contributed by atoms with Crippen molar-refractivity contribution >= 4 is 0 Å². The highest BCUT2D eigenvalue weighted by Gasteiger charge is 2.49. The zero-order valence-corrected chi connectivity index (χ0v) is 11.6. The second kappa shape index (κ2) is 5.64. The Morgan fingerprint density at radius 3 is 2.42 bits per heavy atom. The summed E-state index contributed by atoms with van der Waals surface area (Å²) in [5.41, 5.74) is 1.18. The fraction of sp³-hybridized carbons (Fsp3) is 0.647. The second-order valence-corrected chi connectivity index (χ2v) is 6.39. The van der Waals surface area contributed by atoms with Crippen molar-refractivity contribution in [2.75, 3.05) is 6.54 Å². The van der Waals surface area contributed by atoms with Crippen molar-refractivity contribution in [3.05, 3.63) is 35.9 Å². The van der Waals surface area contributed by atoms with Crippen LogP contribution in [-0.2, 0) is 0 Å². The fourth-order valence-electron chi connectivity index (χ4n) is 3.35. The van der Waals surface area contributed by atoms with Crippen LogP contribution in [0.4, 0.5) is 0 Å². The van der Waals surface area contributed by atoms with Crippen LogP contribution in [0, 0.1) is 5.41 Å². The molecule has 0 aromatic heterocycles. The number of aliphatic hydroxyl groups excluding tert-OH is 1. The Hall–Kier alpha value is -0.860. The zero-order chi connectivity index (χ0) is 13.1. The quantitative estimate of drug-likeness (QED) is 0.849. The van der Waals surface area contributed by atoms with Crippen molar-refractivity contribution in [2.24, 2.45) is 5.41 Å². The highest BCUT2D eigenvalue weighted by Crippen LogP contribution is 2.54. The van der Waals surface area contributed by atoms with Gasteiger partial charge < -0.3 is 10.4 Å². The lowest BCUT2D eigenvalue weighted by Gasteiger charge is -2.28. The van der Waals surface area contributed by atoms with E-state index in [-0.39, 0.29) is 11.5 Å². The van der Waals surface area contributed by atoms with Crippen molar-refractivity contribution in [3.8, 4) is 0 Å². The first kappa shape index (κ1) is 13.1. The third-order valence-corrected chi connectivity index (χ3v) is 4.94. The van der Waals surface area contributed by atoms with Gasteiger partial charge in [-0.3, -0.25) is 0 Å². The van der Waals surface area contributed by atoms with E-state index in [0.29, 0.717) is 6.04 Å². The summed E-state index contributed by atoms with van der Waals surface area (Å²) in [5.74, 6) is 0. The summed E-state index contributed by atoms with van der Waals surface area (Å²) >= 11 is 0. The van der Waals surface area contributed by atoms with Gasteiger partial charge in [0.25, 0.3) is 0 Å². The summed E-state index contributed by atoms with van der Waals surface area (Å²) in [6.07, 6.45) is 8.78. The summed E-state index contributed by atoms with van der Waals surface area (Å²) in [4.78, 5) is 0. The number of hydrogen-bond donors (Lipinski definition) is 2. The summed E-state index contributed by atoms with van der Waals surface area (Å²) in [5, 5.41) is 14.3. The predicted molar refractivity (Wildman–Crippen MR) is 77.9 cm³/mol. The first-order valence-electron chi connectivity index (χ1n) is 7.77. The molecule has 0 heterocycles. The molecule has 3 rings (SSSR count). The predicted octanol–water partition coefficient (Wildman–Crippen LogP) is 3.42. The average molecular weight is 259 g/mol. The summed E-state index contributed by atoms with van der Waals surface area (Å²) in [6, 6.07) is 10.8. The Balaban J connectivity index is 1.57. The molecule has 0 aliphatic heterocycles. The van der Waals surface area contributed by atoms with Crippen LogP contribution in [0.1, 0.15) is 56.6 Å². The van der Waals surface area contributed by atoms with E-state index < -0.39 is 0 Å². The highest BCUT2D eigenvalue weighted by molar-refractivity contribution is 5.22. The number of rotatable bonds is 5. The van der Waals surface area contributed by atoms with Crippen LogP contribution >= 0.6 is 0 Å². The van der Waals surface area contributed by atoms with Crippen LogP contribution in [0.5, 0.6) is 0 Å². The van der Waals surface area contributed by atoms with Crippen molar-refractivity contribution in [1.82, 2.24) is 5.32 Å². The van der Waals surface area contributed by atoms with Gasteiger partial charge in [0.1, 0.15) is 0 Å². The van der Waals surface area contributed by atoms with E-state index in [0.717, 1.165) is 24.9 Å². The topological polar surface area (TPSA) is 32.3 Å². The molecule has 0 bridgehead atoms. The summed E-state index contributed by atoms with van der Waals surface area (Å²) in [6.45, 7) is 0.980. The number of hydrogen-bond acceptors (Lipinski definition) is 2. The van der Waals surface area contributed by atoms with Crippen LogP contribution in [-0.4, -0.2) is 17.7 Å². The number of nitrogens with one attached hydrogen (secondary N) is 1. The fourth-order valence-corrected chi connectivity index (χ4v) is 3.35. The Bertz CT molecular complexity index is 393. The van der Waals surface area contributed by atoms with Crippen molar-refractivity contribution < 1.29 is 5.11 Å². The smallest absolute Gasteiger partial charge is 0.0858 e. The van der Waals surface area contributed by atoms with Gasteiger partial charge in [-0.15, -0.1) is 0 Å². The Kier molecular flexibility index (Phi) is 3.90. The van der Waals surface area contributed by atoms with Crippen molar-refractivity contribution in [2.45, 2.75) is 57.1 Å². The van der Waals surface area contributed by atoms with Crippen molar-refractivity contribution in [1.29, 1.82) is 0 Å². The van der Waals surface area contributed by atoms with Crippen molar-refractivity contribution in [3.63, 3.8) is 0 Å². The molecule has 1 unspecified atom stereocenters. The molecule has 0 spiro atoms. The first-order valence-corrected chi connectivity index (χ1v) is 7.77. The van der Waals surface area contributed by atoms with Gasteiger partial charge in [-0.05, 0) is 31.2 Å². The van der Waals surface area contributed by atoms with Crippen LogP contribution in [0.25, 0.3) is 0 Å². The van der Waals surface area contributed by atoms with E-state index in [2.05, 4.69) is 5.32 Å². The van der Waals surface area contributed by atoms with Gasteiger partial charge in [-0.1, -0.05) is 49.6 Å². The molecule has 1 aromatic carbocycles. The number of aliphatic hydroxyl groups is 1. The normalized spacial score (nSPS) is 24.1. The maximum absolute atomic E-state index is 10.6. The third-order valence-electron chi connectivity index (χ3n) is 4.94. The van der Waals surface area contributed by atoms with Gasteiger partial charge in [-0.2, -0.15) is 0 Å². The van der Waals surface area contributed by atoms with E-state index in [4.69, 9.17) is 0 Å². The summed E-state index contributed by atoms with van der Waals surface area (Å²) < 4.78 is 0. The van der Waals surface area contributed by atoms with Gasteiger partial charge in [0.2, 0.25) is 0 Å². The molecule has 2 aliphatic rings. The van der Waals surface area contributed by atoms with Gasteiger partial charge in [0, 0.05) is 18.0 Å². The Labute approximate surface area is 116 Å². The molecule has 0 amide bonds. The largest absolute Gasteiger partial charge is 0.388 e. The molecular weight excluding hydrogens is 234 g/mol. The van der Waals surface area contributed by atoms with E-state index in [1.54, 1.807) is 0 Å². The minimum absolute atomic E-state index is 0.110. The molecule has 0 radical (unpaired) electrons. The first-order chi connectivity index (χ1) is 9.30. The standard InChI is InChI=1S/C17H25NO/c19-16(14-7-3-1-4-8-14)17(11-12-17)13-18-15-9-5-2-6-10-15/h1,3-4,7-8,15-16,18-19H,2,5-6,9-13H2. The van der Waals surface area contributed by atoms with Crippen LogP contribution < -0.4 is 5.32 Å². The highest BCUT2D eigenvalue weighted by atomic mass is 16.3. The van der Waals surface area contributed by atoms with E-state index in [1.807, 2.05) is 30.3 Å². The molecule has 104 valence electrons. The molecule has 2 aliphatic carbocycles. The molecule has 1 atom stereocenters. The van der Waals surface area contributed by atoms with E-state index in [1.165, 1.54) is 32.1 Å². The Morgan fingerprint density at radius 2 is 1.79 bits per heavy atom. The monoisotopic (exact) mass is 259 g/mol. The third kappa shape index (κ3) is 3.01. The SMILES string of the molecule is OC(c1ccccc1)C1(CNC2CCCCC2)CC1. The van der Waals surface area contributed by atoms with Crippen LogP contribution in [0.3, 0.4) is 0 Å². The Morgan fingerprint density at radius 1 is 1.11 bits per heavy atom. The molecule has 2 nitrogen and oxygen atoms in total. The number of benzene rings is 1. The molecule has 1 aromatic rings. The molecule has 2 fully saturated rings. The van der Waals surface area contributed by atoms with E-state index >= 15 is 0 Å². The van der Waals surface area contributed by atoms with Gasteiger partial charge in [0.15, 0.2) is 0 Å². The second-order valence-electron chi connectivity index (χ2n) is 6.39. The summed E-state index contributed by atoms with van der Waals surface area (Å²) in [7, 11) is 0. The van der Waals surface area contributed by atoms with Gasteiger partial charge >= 0.3 is 0 Å². The maximum Gasteiger partial charge on any atom is 0.0858 e. The minimum Gasteiger partial charge on any atom is -0.388 e. The molecule has 2 saturated carbocycles. The molecule has 2 heteroatoms. The van der Waals surface area contributed by atoms with Crippen LogP contribution in [0.15, 0.2) is 30.3 Å². The van der Waals surface area contributed by atoms with Gasteiger partial charge in [-0.25, -0.2) is 0 Å². The molecular formula is C17H25NO. The van der Waals surface area contributed by atoms with Crippen LogP contribution in [0.2, 0.25) is 0 Å². The molecule has 2 N–H and O–H groups in total. The lowest BCUT2D eigenvalue weighted by molar-refractivity contribution is 0.0887. The molecule has 0 saturated heterocycles. The maximum atomic E-state index is 10.6. The lowest BCUT2D eigenvalue weighted by atomic mass is 9.90. The minimum atomic E-state index is -0.301. The van der Waals surface area contributed by atoms with E-state index in [9.17, 15) is 5.11 Å². The zero-order valence-electron chi connectivity index (χ0n) is 11.6. The molecule has 19 heavy (non-hydrogen) atoms.